The molecule has 5 heteroatoms. The zero-order valence-corrected chi connectivity index (χ0v) is 9.55. The molecule has 0 saturated heterocycles. The molecule has 0 bridgehead atoms. The first-order valence-corrected chi connectivity index (χ1v) is 5.04. The van der Waals surface area contributed by atoms with Crippen LogP contribution < -0.4 is 0 Å². The van der Waals surface area contributed by atoms with Crippen molar-refractivity contribution in [3.63, 3.8) is 0 Å². The number of nitrogens with zero attached hydrogens (tertiary/aromatic N) is 2. The maximum Gasteiger partial charge on any atom is 0.257 e. The van der Waals surface area contributed by atoms with E-state index in [0.717, 1.165) is 0 Å². The summed E-state index contributed by atoms with van der Waals surface area (Å²) in [4.78, 5) is 11.1. The first-order valence-electron chi connectivity index (χ1n) is 4.28. The van der Waals surface area contributed by atoms with Gasteiger partial charge in [-0.25, -0.2) is 4.68 Å². The van der Waals surface area contributed by atoms with E-state index in [2.05, 4.69) is 18.3 Å². The minimum absolute atomic E-state index is 0.242. The highest BCUT2D eigenvalue weighted by Crippen LogP contribution is 2.22. The van der Waals surface area contributed by atoms with Crippen molar-refractivity contribution in [1.82, 2.24) is 9.78 Å². The molecule has 0 saturated carbocycles. The second kappa shape index (κ2) is 5.14. The molecule has 1 aromatic rings. The van der Waals surface area contributed by atoms with Gasteiger partial charge in [0.1, 0.15) is 5.15 Å². The lowest BCUT2D eigenvalue weighted by Gasteiger charge is -1.96. The molecule has 3 nitrogen and oxygen atoms in total. The van der Waals surface area contributed by atoms with Crippen LogP contribution in [0.1, 0.15) is 16.1 Å². The number of allylic oxidation sites excluding steroid dienone is 2. The number of rotatable bonds is 5. The van der Waals surface area contributed by atoms with E-state index in [-0.39, 0.29) is 10.7 Å². The summed E-state index contributed by atoms with van der Waals surface area (Å²) in [6.45, 7) is 7.58. The van der Waals surface area contributed by atoms with Crippen LogP contribution >= 0.6 is 23.2 Å². The van der Waals surface area contributed by atoms with Crippen LogP contribution in [0.15, 0.2) is 25.3 Å². The first-order chi connectivity index (χ1) is 7.11. The van der Waals surface area contributed by atoms with E-state index in [1.165, 1.54) is 4.68 Å². The quantitative estimate of drug-likeness (QED) is 0.590. The van der Waals surface area contributed by atoms with Gasteiger partial charge in [-0.2, -0.15) is 5.10 Å². The van der Waals surface area contributed by atoms with E-state index in [4.69, 9.17) is 23.2 Å². The number of hydrogen-bond donors (Lipinski definition) is 0. The lowest BCUT2D eigenvalue weighted by atomic mass is 10.2. The van der Waals surface area contributed by atoms with Crippen molar-refractivity contribution in [2.24, 2.45) is 0 Å². The van der Waals surface area contributed by atoms with E-state index in [9.17, 15) is 4.79 Å². The monoisotopic (exact) mass is 244 g/mol. The largest absolute Gasteiger partial charge is 0.275 e. The maximum absolute atomic E-state index is 11.1. The Balaban J connectivity index is 3.24. The molecule has 1 aromatic heterocycles. The summed E-state index contributed by atoms with van der Waals surface area (Å²) in [5, 5.41) is 3.79. The van der Waals surface area contributed by atoms with Crippen LogP contribution in [0, 0.1) is 0 Å². The third-order valence-electron chi connectivity index (χ3n) is 1.80. The van der Waals surface area contributed by atoms with Gasteiger partial charge in [0.15, 0.2) is 0 Å². The summed E-state index contributed by atoms with van der Waals surface area (Å²) in [7, 11) is 0. The van der Waals surface area contributed by atoms with Crippen LogP contribution in [0.3, 0.4) is 0 Å². The zero-order valence-electron chi connectivity index (χ0n) is 8.04. The normalized spacial score (nSPS) is 10.0. The van der Waals surface area contributed by atoms with Crippen LogP contribution in [0.2, 0.25) is 5.15 Å². The Kier molecular flexibility index (Phi) is 4.12. The molecule has 0 aliphatic rings. The van der Waals surface area contributed by atoms with Crippen molar-refractivity contribution in [1.29, 1.82) is 0 Å². The van der Waals surface area contributed by atoms with Crippen molar-refractivity contribution < 1.29 is 4.79 Å². The van der Waals surface area contributed by atoms with Crippen LogP contribution in [-0.2, 0) is 13.0 Å². The Labute approximate surface area is 98.0 Å². The molecule has 0 fully saturated rings. The fourth-order valence-corrected chi connectivity index (χ4v) is 1.75. The predicted molar refractivity (Wildman–Crippen MR) is 61.5 cm³/mol. The maximum atomic E-state index is 11.1. The van der Waals surface area contributed by atoms with E-state index < -0.39 is 5.24 Å². The summed E-state index contributed by atoms with van der Waals surface area (Å²) in [6, 6.07) is 0. The molecule has 0 atom stereocenters. The number of halogens is 2. The topological polar surface area (TPSA) is 34.9 Å². The third-order valence-corrected chi connectivity index (χ3v) is 2.37. The van der Waals surface area contributed by atoms with E-state index in [1.54, 1.807) is 12.2 Å². The highest BCUT2D eigenvalue weighted by atomic mass is 35.5. The zero-order chi connectivity index (χ0) is 11.4. The molecule has 0 aliphatic carbocycles. The summed E-state index contributed by atoms with van der Waals surface area (Å²) in [5.41, 5.74) is 0.789. The molecule has 0 N–H and O–H groups in total. The van der Waals surface area contributed by atoms with Crippen LogP contribution in [-0.4, -0.2) is 15.0 Å². The number of carbonyl (C=O) groups excluding carboxylic acids is 1. The summed E-state index contributed by atoms with van der Waals surface area (Å²) in [6.07, 6.45) is 3.73. The molecule has 15 heavy (non-hydrogen) atoms. The van der Waals surface area contributed by atoms with Gasteiger partial charge in [0.2, 0.25) is 0 Å². The second-order valence-electron chi connectivity index (χ2n) is 2.85. The van der Waals surface area contributed by atoms with E-state index >= 15 is 0 Å². The SMILES string of the molecule is C=CCc1nn(CC=C)c(Cl)c1C(=O)Cl. The molecule has 0 unspecified atom stereocenters. The minimum atomic E-state index is -0.604. The Bertz CT molecular complexity index is 410. The van der Waals surface area contributed by atoms with Crippen molar-refractivity contribution in [2.45, 2.75) is 13.0 Å². The second-order valence-corrected chi connectivity index (χ2v) is 3.55. The summed E-state index contributed by atoms with van der Waals surface area (Å²) >= 11 is 11.4. The highest BCUT2D eigenvalue weighted by molar-refractivity contribution is 6.68. The van der Waals surface area contributed by atoms with Gasteiger partial charge in [0, 0.05) is 6.42 Å². The van der Waals surface area contributed by atoms with Gasteiger partial charge in [0.25, 0.3) is 5.24 Å². The van der Waals surface area contributed by atoms with Gasteiger partial charge in [-0.15, -0.1) is 13.2 Å². The molecule has 0 aromatic carbocycles. The van der Waals surface area contributed by atoms with Crippen molar-refractivity contribution >= 4 is 28.4 Å². The summed E-state index contributed by atoms with van der Waals surface area (Å²) in [5.74, 6) is 0. The fourth-order valence-electron chi connectivity index (χ4n) is 1.21. The molecule has 0 aliphatic heterocycles. The molecule has 0 spiro atoms. The number of carbonyl (C=O) groups is 1. The molecule has 0 radical (unpaired) electrons. The standard InChI is InChI=1S/C10H10Cl2N2O/c1-3-5-7-8(10(12)15)9(11)14(13-7)6-4-2/h3-4H,1-2,5-6H2. The molecular formula is C10H10Cl2N2O. The van der Waals surface area contributed by atoms with Gasteiger partial charge >= 0.3 is 0 Å². The Morgan fingerprint density at radius 3 is 2.60 bits per heavy atom. The Morgan fingerprint density at radius 1 is 1.47 bits per heavy atom. The predicted octanol–water partition coefficient (Wildman–Crippen LogP) is 2.83. The molecule has 80 valence electrons. The Hall–Kier alpha value is -1.06. The van der Waals surface area contributed by atoms with Gasteiger partial charge in [-0.3, -0.25) is 4.79 Å². The lowest BCUT2D eigenvalue weighted by Crippen LogP contribution is -1.97. The van der Waals surface area contributed by atoms with E-state index in [1.807, 2.05) is 0 Å². The van der Waals surface area contributed by atoms with Gasteiger partial charge in [-0.1, -0.05) is 23.8 Å². The lowest BCUT2D eigenvalue weighted by molar-refractivity contribution is 0.108. The smallest absolute Gasteiger partial charge is 0.257 e. The molecule has 1 rings (SSSR count). The van der Waals surface area contributed by atoms with Crippen molar-refractivity contribution in [3.05, 3.63) is 41.7 Å². The molecule has 1 heterocycles. The first kappa shape index (κ1) is 12.0. The number of hydrogen-bond acceptors (Lipinski definition) is 2. The average Bonchev–Trinajstić information content (AvgIpc) is 2.45. The van der Waals surface area contributed by atoms with E-state index in [0.29, 0.717) is 18.7 Å². The fraction of sp³-hybridized carbons (Fsp3) is 0.200. The van der Waals surface area contributed by atoms with Gasteiger partial charge < -0.3 is 0 Å². The number of aromatic nitrogens is 2. The summed E-state index contributed by atoms with van der Waals surface area (Å²) < 4.78 is 1.48. The average molecular weight is 245 g/mol. The minimum Gasteiger partial charge on any atom is -0.275 e. The van der Waals surface area contributed by atoms with Crippen LogP contribution in [0.25, 0.3) is 0 Å². The highest BCUT2D eigenvalue weighted by Gasteiger charge is 2.19. The molecular weight excluding hydrogens is 235 g/mol. The van der Waals surface area contributed by atoms with Gasteiger partial charge in [0.05, 0.1) is 17.8 Å². The van der Waals surface area contributed by atoms with Gasteiger partial charge in [-0.05, 0) is 11.6 Å². The van der Waals surface area contributed by atoms with Crippen molar-refractivity contribution in [3.8, 4) is 0 Å². The Morgan fingerprint density at radius 2 is 2.13 bits per heavy atom. The van der Waals surface area contributed by atoms with Crippen molar-refractivity contribution in [2.75, 3.05) is 0 Å². The molecule has 0 amide bonds. The van der Waals surface area contributed by atoms with Crippen LogP contribution in [0.4, 0.5) is 0 Å². The third kappa shape index (κ3) is 2.49. The van der Waals surface area contributed by atoms with Crippen LogP contribution in [0.5, 0.6) is 0 Å².